The molecule has 0 radical (unpaired) electrons. The average molecular weight is 191 g/mol. The molecule has 13 heavy (non-hydrogen) atoms. The lowest BCUT2D eigenvalue weighted by Gasteiger charge is -2.08. The predicted octanol–water partition coefficient (Wildman–Crippen LogP) is -0.988. The van der Waals surface area contributed by atoms with Crippen molar-refractivity contribution < 1.29 is 19.7 Å². The van der Waals surface area contributed by atoms with Crippen LogP contribution in [0.1, 0.15) is 19.3 Å². The highest BCUT2D eigenvalue weighted by atomic mass is 16.5. The van der Waals surface area contributed by atoms with Crippen LogP contribution in [-0.4, -0.2) is 42.0 Å². The molecule has 5 heteroatoms. The lowest BCUT2D eigenvalue weighted by Crippen LogP contribution is -2.35. The Morgan fingerprint density at radius 3 is 2.54 bits per heavy atom. The Morgan fingerprint density at radius 1 is 1.31 bits per heavy atom. The summed E-state index contributed by atoms with van der Waals surface area (Å²) in [6.07, 6.45) is 2.24. The molecule has 0 unspecified atom stereocenters. The van der Waals surface area contributed by atoms with Gasteiger partial charge in [0.1, 0.15) is 6.04 Å². The van der Waals surface area contributed by atoms with Crippen LogP contribution in [0.15, 0.2) is 0 Å². The second-order valence-corrected chi connectivity index (χ2v) is 2.74. The van der Waals surface area contributed by atoms with Crippen LogP contribution < -0.4 is 5.73 Å². The van der Waals surface area contributed by atoms with Crippen molar-refractivity contribution in [2.75, 3.05) is 19.8 Å². The van der Waals surface area contributed by atoms with E-state index in [0.717, 1.165) is 6.42 Å². The highest BCUT2D eigenvalue weighted by molar-refractivity contribution is 5.75. The third-order valence-corrected chi connectivity index (χ3v) is 1.55. The average Bonchev–Trinajstić information content (AvgIpc) is 2.16. The van der Waals surface area contributed by atoms with Crippen LogP contribution in [0.5, 0.6) is 0 Å². The van der Waals surface area contributed by atoms with E-state index in [1.165, 1.54) is 0 Å². The Labute approximate surface area is 77.5 Å². The summed E-state index contributed by atoms with van der Waals surface area (Å²) >= 11 is 0. The van der Waals surface area contributed by atoms with E-state index in [0.29, 0.717) is 19.4 Å². The Hall–Kier alpha value is -0.650. The van der Waals surface area contributed by atoms with Gasteiger partial charge in [0.15, 0.2) is 0 Å². The van der Waals surface area contributed by atoms with Gasteiger partial charge in [-0.1, -0.05) is 0 Å². The maximum absolute atomic E-state index is 10.9. The van der Waals surface area contributed by atoms with Crippen LogP contribution in [0, 0.1) is 0 Å². The molecule has 0 aliphatic rings. The molecule has 0 bridgehead atoms. The number of aliphatic hydroxyl groups is 2. The Kier molecular flexibility index (Phi) is 7.57. The van der Waals surface area contributed by atoms with Crippen LogP contribution in [0.25, 0.3) is 0 Å². The van der Waals surface area contributed by atoms with Crippen LogP contribution in [0.3, 0.4) is 0 Å². The highest BCUT2D eigenvalue weighted by Crippen LogP contribution is 1.95. The monoisotopic (exact) mass is 191 g/mol. The van der Waals surface area contributed by atoms with Crippen molar-refractivity contribution in [1.82, 2.24) is 0 Å². The first-order chi connectivity index (χ1) is 6.22. The van der Waals surface area contributed by atoms with Crippen molar-refractivity contribution in [2.45, 2.75) is 25.3 Å². The number of carbonyl (C=O) groups is 1. The lowest BCUT2D eigenvalue weighted by atomic mass is 10.2. The van der Waals surface area contributed by atoms with E-state index in [4.69, 9.17) is 20.7 Å². The smallest absolute Gasteiger partial charge is 0.325 e. The largest absolute Gasteiger partial charge is 0.464 e. The summed E-state index contributed by atoms with van der Waals surface area (Å²) in [7, 11) is 0. The topological polar surface area (TPSA) is 92.8 Å². The van der Waals surface area contributed by atoms with Gasteiger partial charge in [-0.2, -0.15) is 0 Å². The summed E-state index contributed by atoms with van der Waals surface area (Å²) in [5.41, 5.74) is 5.19. The zero-order valence-electron chi connectivity index (χ0n) is 7.61. The predicted molar refractivity (Wildman–Crippen MR) is 47.0 cm³/mol. The minimum atomic E-state index is -0.933. The first-order valence-corrected chi connectivity index (χ1v) is 4.36. The van der Waals surface area contributed by atoms with Crippen molar-refractivity contribution in [3.63, 3.8) is 0 Å². The molecule has 5 nitrogen and oxygen atoms in total. The van der Waals surface area contributed by atoms with Gasteiger partial charge in [-0.25, -0.2) is 0 Å². The fourth-order valence-electron chi connectivity index (χ4n) is 0.745. The zero-order valence-corrected chi connectivity index (χ0v) is 7.61. The van der Waals surface area contributed by atoms with E-state index in [2.05, 4.69) is 0 Å². The quantitative estimate of drug-likeness (QED) is 0.355. The second kappa shape index (κ2) is 7.97. The molecule has 0 rings (SSSR count). The molecule has 0 aliphatic heterocycles. The normalized spacial score (nSPS) is 12.5. The third kappa shape index (κ3) is 6.51. The van der Waals surface area contributed by atoms with Crippen molar-refractivity contribution in [1.29, 1.82) is 0 Å². The van der Waals surface area contributed by atoms with Crippen LogP contribution in [0.2, 0.25) is 0 Å². The van der Waals surface area contributed by atoms with E-state index in [1.807, 2.05) is 0 Å². The van der Waals surface area contributed by atoms with E-state index >= 15 is 0 Å². The van der Waals surface area contributed by atoms with Crippen molar-refractivity contribution >= 4 is 5.97 Å². The maximum Gasteiger partial charge on any atom is 0.325 e. The SMILES string of the molecule is N[C@@H](CO)C(=O)OCCCCCO. The molecule has 1 atom stereocenters. The van der Waals surface area contributed by atoms with E-state index in [9.17, 15) is 4.79 Å². The number of carbonyl (C=O) groups excluding carboxylic acids is 1. The molecule has 0 aromatic carbocycles. The number of ether oxygens (including phenoxy) is 1. The van der Waals surface area contributed by atoms with Crippen molar-refractivity contribution in [3.05, 3.63) is 0 Å². The molecule has 0 saturated carbocycles. The number of unbranched alkanes of at least 4 members (excludes halogenated alkanes) is 2. The van der Waals surface area contributed by atoms with Gasteiger partial charge < -0.3 is 20.7 Å². The molecule has 0 aliphatic carbocycles. The molecule has 0 saturated heterocycles. The molecule has 0 heterocycles. The summed E-state index contributed by atoms with van der Waals surface area (Å²) in [4.78, 5) is 10.9. The van der Waals surface area contributed by atoms with E-state index in [-0.39, 0.29) is 6.61 Å². The Balaban J connectivity index is 3.27. The zero-order chi connectivity index (χ0) is 10.1. The molecule has 0 amide bonds. The lowest BCUT2D eigenvalue weighted by molar-refractivity contribution is -0.146. The first kappa shape index (κ1) is 12.3. The summed E-state index contributed by atoms with van der Waals surface area (Å²) in [5.74, 6) is -0.577. The summed E-state index contributed by atoms with van der Waals surface area (Å²) in [5, 5.41) is 16.9. The number of hydrogen-bond donors (Lipinski definition) is 3. The summed E-state index contributed by atoms with van der Waals surface area (Å²) < 4.78 is 4.74. The molecular weight excluding hydrogens is 174 g/mol. The number of aliphatic hydroxyl groups excluding tert-OH is 2. The molecule has 0 aromatic heterocycles. The van der Waals surface area contributed by atoms with Crippen molar-refractivity contribution in [3.8, 4) is 0 Å². The summed E-state index contributed by atoms with van der Waals surface area (Å²) in [6.45, 7) is 0.0616. The first-order valence-electron chi connectivity index (χ1n) is 4.36. The van der Waals surface area contributed by atoms with Gasteiger partial charge in [-0.15, -0.1) is 0 Å². The number of nitrogens with two attached hydrogens (primary N) is 1. The van der Waals surface area contributed by atoms with Gasteiger partial charge in [0.2, 0.25) is 0 Å². The van der Waals surface area contributed by atoms with Gasteiger partial charge >= 0.3 is 5.97 Å². The Bertz CT molecular complexity index is 140. The van der Waals surface area contributed by atoms with Crippen LogP contribution in [-0.2, 0) is 9.53 Å². The minimum Gasteiger partial charge on any atom is -0.464 e. The van der Waals surface area contributed by atoms with Gasteiger partial charge in [-0.05, 0) is 19.3 Å². The Morgan fingerprint density at radius 2 is 2.00 bits per heavy atom. The third-order valence-electron chi connectivity index (χ3n) is 1.55. The number of rotatable bonds is 7. The van der Waals surface area contributed by atoms with Crippen LogP contribution >= 0.6 is 0 Å². The van der Waals surface area contributed by atoms with Gasteiger partial charge in [-0.3, -0.25) is 4.79 Å². The van der Waals surface area contributed by atoms with E-state index < -0.39 is 18.6 Å². The molecule has 0 spiro atoms. The highest BCUT2D eigenvalue weighted by Gasteiger charge is 2.12. The molecule has 0 fully saturated rings. The summed E-state index contributed by atoms with van der Waals surface area (Å²) in [6, 6.07) is -0.933. The minimum absolute atomic E-state index is 0.157. The number of hydrogen-bond acceptors (Lipinski definition) is 5. The molecule has 0 aromatic rings. The molecule has 4 N–H and O–H groups in total. The molecular formula is C8H17NO4. The van der Waals surface area contributed by atoms with E-state index in [1.54, 1.807) is 0 Å². The van der Waals surface area contributed by atoms with Gasteiger partial charge in [0.05, 0.1) is 13.2 Å². The van der Waals surface area contributed by atoms with Crippen LogP contribution in [0.4, 0.5) is 0 Å². The fraction of sp³-hybridized carbons (Fsp3) is 0.875. The van der Waals surface area contributed by atoms with Gasteiger partial charge in [0, 0.05) is 6.61 Å². The van der Waals surface area contributed by atoms with Crippen molar-refractivity contribution in [2.24, 2.45) is 5.73 Å². The standard InChI is InChI=1S/C8H17NO4/c9-7(6-11)8(12)13-5-3-1-2-4-10/h7,10-11H,1-6,9H2/t7-/m0/s1. The maximum atomic E-state index is 10.9. The second-order valence-electron chi connectivity index (χ2n) is 2.74. The fourth-order valence-corrected chi connectivity index (χ4v) is 0.745. The van der Waals surface area contributed by atoms with Gasteiger partial charge in [0.25, 0.3) is 0 Å². The number of esters is 1. The molecule has 78 valence electrons.